The van der Waals surface area contributed by atoms with Gasteiger partial charge in [0, 0.05) is 11.5 Å². The standard InChI is InChI=1S/C20H21NO8S/c1-27-12-8-10-13(11-9-12)30(25,26)21-20(24,19(22)23)29-17-7-3-5-15-14-4-2-6-16(14)28-18(15)17/h3,5,7-11,14,16,21,24H,2,4,6H2,1H3,(H,22,23). The van der Waals surface area contributed by atoms with E-state index in [4.69, 9.17) is 14.2 Å². The highest BCUT2D eigenvalue weighted by atomic mass is 32.2. The number of rotatable bonds is 7. The molecule has 1 heterocycles. The largest absolute Gasteiger partial charge is 0.497 e. The number of hydrogen-bond donors (Lipinski definition) is 3. The molecule has 160 valence electrons. The van der Waals surface area contributed by atoms with Gasteiger partial charge >= 0.3 is 11.9 Å². The van der Waals surface area contributed by atoms with Gasteiger partial charge in [-0.2, -0.15) is 0 Å². The minimum Gasteiger partial charge on any atom is -0.497 e. The molecule has 2 aromatic carbocycles. The number of carbonyl (C=O) groups is 1. The highest BCUT2D eigenvalue weighted by Crippen LogP contribution is 2.51. The summed E-state index contributed by atoms with van der Waals surface area (Å²) < 4.78 is 43.2. The highest BCUT2D eigenvalue weighted by Gasteiger charge is 2.46. The van der Waals surface area contributed by atoms with Gasteiger partial charge in [-0.1, -0.05) is 12.1 Å². The Balaban J connectivity index is 1.63. The maximum absolute atomic E-state index is 12.6. The fourth-order valence-corrected chi connectivity index (χ4v) is 4.97. The predicted octanol–water partition coefficient (Wildman–Crippen LogP) is 1.81. The van der Waals surface area contributed by atoms with Crippen molar-refractivity contribution in [1.82, 2.24) is 4.72 Å². The van der Waals surface area contributed by atoms with Crippen LogP contribution >= 0.6 is 0 Å². The molecule has 2 aliphatic rings. The molecule has 0 bridgehead atoms. The van der Waals surface area contributed by atoms with Gasteiger partial charge in [-0.25, -0.2) is 13.2 Å². The second-order valence-corrected chi connectivity index (χ2v) is 8.88. The number of aliphatic carboxylic acids is 1. The monoisotopic (exact) mass is 435 g/mol. The maximum atomic E-state index is 12.6. The van der Waals surface area contributed by atoms with E-state index in [2.05, 4.69) is 0 Å². The number of nitrogens with one attached hydrogen (secondary N) is 1. The van der Waals surface area contributed by atoms with Crippen LogP contribution in [0.1, 0.15) is 30.7 Å². The Kier molecular flexibility index (Phi) is 5.08. The number of fused-ring (bicyclic) bond motifs is 3. The number of carboxylic acid groups (broad SMARTS) is 1. The summed E-state index contributed by atoms with van der Waals surface area (Å²) in [5.74, 6) is -4.29. The second-order valence-electron chi connectivity index (χ2n) is 7.20. The van der Waals surface area contributed by atoms with Crippen LogP contribution in [0.3, 0.4) is 0 Å². The van der Waals surface area contributed by atoms with Crippen molar-refractivity contribution in [2.75, 3.05) is 7.11 Å². The SMILES string of the molecule is COc1ccc(S(=O)(=O)NC(O)(Oc2cccc3c2OC2CCCC32)C(=O)O)cc1. The maximum Gasteiger partial charge on any atom is 0.395 e. The van der Waals surface area contributed by atoms with Crippen LogP contribution in [0.25, 0.3) is 0 Å². The van der Waals surface area contributed by atoms with Crippen LogP contribution in [0.2, 0.25) is 0 Å². The molecule has 3 N–H and O–H groups in total. The van der Waals surface area contributed by atoms with E-state index in [1.165, 1.54) is 37.4 Å². The Bertz CT molecular complexity index is 1070. The summed E-state index contributed by atoms with van der Waals surface area (Å²) in [6, 6.07) is 10.2. The van der Waals surface area contributed by atoms with Gasteiger partial charge in [0.1, 0.15) is 11.9 Å². The first-order valence-corrected chi connectivity index (χ1v) is 10.8. The van der Waals surface area contributed by atoms with Crippen molar-refractivity contribution in [3.8, 4) is 17.2 Å². The van der Waals surface area contributed by atoms with E-state index in [9.17, 15) is 23.4 Å². The quantitative estimate of drug-likeness (QED) is 0.561. The minimum atomic E-state index is -4.44. The van der Waals surface area contributed by atoms with Crippen LogP contribution in [-0.4, -0.2) is 43.7 Å². The Morgan fingerprint density at radius 3 is 2.60 bits per heavy atom. The van der Waals surface area contributed by atoms with Gasteiger partial charge < -0.3 is 24.4 Å². The molecule has 2 aromatic rings. The molecule has 4 rings (SSSR count). The number of carboxylic acids is 1. The fraction of sp³-hybridized carbons (Fsp3) is 0.350. The number of aliphatic hydroxyl groups is 1. The Labute approximate surface area is 173 Å². The predicted molar refractivity (Wildman–Crippen MR) is 104 cm³/mol. The molecule has 3 unspecified atom stereocenters. The van der Waals surface area contributed by atoms with Crippen molar-refractivity contribution in [1.29, 1.82) is 0 Å². The van der Waals surface area contributed by atoms with Gasteiger partial charge in [0.25, 0.3) is 0 Å². The molecule has 1 aliphatic heterocycles. The number of hydrogen-bond acceptors (Lipinski definition) is 7. The second kappa shape index (κ2) is 7.46. The lowest BCUT2D eigenvalue weighted by Gasteiger charge is -2.26. The molecule has 0 aromatic heterocycles. The molecule has 3 atom stereocenters. The third-order valence-electron chi connectivity index (χ3n) is 5.32. The molecule has 0 amide bonds. The lowest BCUT2D eigenvalue weighted by molar-refractivity contribution is -0.197. The number of sulfonamides is 1. The van der Waals surface area contributed by atoms with Crippen LogP contribution in [-0.2, 0) is 14.8 Å². The van der Waals surface area contributed by atoms with E-state index >= 15 is 0 Å². The zero-order chi connectivity index (χ0) is 21.5. The Morgan fingerprint density at radius 2 is 1.93 bits per heavy atom. The van der Waals surface area contributed by atoms with Gasteiger partial charge in [0.05, 0.1) is 12.0 Å². The van der Waals surface area contributed by atoms with Crippen molar-refractivity contribution < 1.29 is 37.6 Å². The molecule has 1 aliphatic carbocycles. The normalized spacial score (nSPS) is 21.8. The molecule has 9 nitrogen and oxygen atoms in total. The highest BCUT2D eigenvalue weighted by molar-refractivity contribution is 7.89. The summed E-state index contributed by atoms with van der Waals surface area (Å²) in [5.41, 5.74) is 0.862. The van der Waals surface area contributed by atoms with E-state index in [-0.39, 0.29) is 22.7 Å². The zero-order valence-electron chi connectivity index (χ0n) is 16.1. The molecule has 1 fully saturated rings. The molecule has 0 radical (unpaired) electrons. The lowest BCUT2D eigenvalue weighted by atomic mass is 9.97. The van der Waals surface area contributed by atoms with Crippen LogP contribution < -0.4 is 18.9 Å². The Morgan fingerprint density at radius 1 is 1.20 bits per heavy atom. The summed E-state index contributed by atoms with van der Waals surface area (Å²) in [6.45, 7) is 0. The summed E-state index contributed by atoms with van der Waals surface area (Å²) in [5, 5.41) is 20.1. The Hall–Kier alpha value is -2.82. The zero-order valence-corrected chi connectivity index (χ0v) is 16.9. The third kappa shape index (κ3) is 3.57. The van der Waals surface area contributed by atoms with Crippen molar-refractivity contribution in [3.05, 3.63) is 48.0 Å². The van der Waals surface area contributed by atoms with Crippen LogP contribution in [0.4, 0.5) is 0 Å². The first-order valence-electron chi connectivity index (χ1n) is 9.36. The van der Waals surface area contributed by atoms with E-state index in [0.717, 1.165) is 24.8 Å². The van der Waals surface area contributed by atoms with Crippen molar-refractivity contribution in [2.45, 2.75) is 42.1 Å². The average molecular weight is 435 g/mol. The average Bonchev–Trinajstić information content (AvgIpc) is 3.30. The molecule has 1 saturated carbocycles. The summed E-state index contributed by atoms with van der Waals surface area (Å²) in [4.78, 5) is 11.5. The summed E-state index contributed by atoms with van der Waals surface area (Å²) in [6.07, 6.45) is 2.81. The number of benzene rings is 2. The van der Waals surface area contributed by atoms with Gasteiger partial charge in [-0.15, -0.1) is 4.72 Å². The van der Waals surface area contributed by atoms with Crippen molar-refractivity contribution in [2.24, 2.45) is 0 Å². The van der Waals surface area contributed by atoms with Crippen molar-refractivity contribution in [3.63, 3.8) is 0 Å². The molecule has 0 saturated heterocycles. The molecular formula is C20H21NO8S. The van der Waals surface area contributed by atoms with E-state index in [1.807, 2.05) is 6.07 Å². The van der Waals surface area contributed by atoms with Gasteiger partial charge in [0.15, 0.2) is 11.5 Å². The first kappa shape index (κ1) is 20.5. The fourth-order valence-electron chi connectivity index (χ4n) is 3.87. The molecular weight excluding hydrogens is 414 g/mol. The van der Waals surface area contributed by atoms with Crippen LogP contribution in [0, 0.1) is 0 Å². The topological polar surface area (TPSA) is 131 Å². The smallest absolute Gasteiger partial charge is 0.395 e. The summed E-state index contributed by atoms with van der Waals surface area (Å²) in [7, 11) is -3.02. The van der Waals surface area contributed by atoms with Crippen LogP contribution in [0.15, 0.2) is 47.4 Å². The van der Waals surface area contributed by atoms with E-state index in [1.54, 1.807) is 10.8 Å². The molecule has 0 spiro atoms. The van der Waals surface area contributed by atoms with Gasteiger partial charge in [-0.3, -0.25) is 0 Å². The van der Waals surface area contributed by atoms with E-state index in [0.29, 0.717) is 11.5 Å². The summed E-state index contributed by atoms with van der Waals surface area (Å²) >= 11 is 0. The number of para-hydroxylation sites is 1. The molecule has 30 heavy (non-hydrogen) atoms. The first-order chi connectivity index (χ1) is 14.2. The third-order valence-corrected chi connectivity index (χ3v) is 6.76. The lowest BCUT2D eigenvalue weighted by Crippen LogP contribution is -2.58. The van der Waals surface area contributed by atoms with Crippen LogP contribution in [0.5, 0.6) is 17.2 Å². The molecule has 10 heteroatoms. The number of methoxy groups -OCH3 is 1. The van der Waals surface area contributed by atoms with Gasteiger partial charge in [0.2, 0.25) is 10.0 Å². The minimum absolute atomic E-state index is 0.0290. The van der Waals surface area contributed by atoms with Gasteiger partial charge in [-0.05, 0) is 49.6 Å². The van der Waals surface area contributed by atoms with Crippen molar-refractivity contribution >= 4 is 16.0 Å². The van der Waals surface area contributed by atoms with E-state index < -0.39 is 21.9 Å². The number of ether oxygens (including phenoxy) is 3.